The Morgan fingerprint density at radius 2 is 2.16 bits per heavy atom. The van der Waals surface area contributed by atoms with Gasteiger partial charge in [-0.15, -0.1) is 0 Å². The number of carboxylic acids is 1. The van der Waals surface area contributed by atoms with Crippen LogP contribution in [0.2, 0.25) is 0 Å². The topological polar surface area (TPSA) is 88.6 Å². The summed E-state index contributed by atoms with van der Waals surface area (Å²) in [6.07, 6.45) is 3.47. The van der Waals surface area contributed by atoms with E-state index in [1.54, 1.807) is 10.6 Å². The number of pyridine rings is 1. The van der Waals surface area contributed by atoms with Gasteiger partial charge in [0.15, 0.2) is 0 Å². The predicted octanol–water partition coefficient (Wildman–Crippen LogP) is 1.79. The first-order valence-corrected chi connectivity index (χ1v) is 8.47. The van der Waals surface area contributed by atoms with Crippen molar-refractivity contribution in [3.63, 3.8) is 0 Å². The molecule has 6 nitrogen and oxygen atoms in total. The Labute approximate surface area is 143 Å². The van der Waals surface area contributed by atoms with E-state index >= 15 is 0 Å². The van der Waals surface area contributed by atoms with Crippen LogP contribution in [0.3, 0.4) is 0 Å². The fourth-order valence-corrected chi connectivity index (χ4v) is 3.92. The maximum atomic E-state index is 14.7. The van der Waals surface area contributed by atoms with Crippen molar-refractivity contribution in [2.24, 2.45) is 11.1 Å². The van der Waals surface area contributed by atoms with E-state index in [4.69, 9.17) is 5.73 Å². The van der Waals surface area contributed by atoms with Crippen LogP contribution in [0.1, 0.15) is 30.1 Å². The highest BCUT2D eigenvalue weighted by molar-refractivity contribution is 5.93. The van der Waals surface area contributed by atoms with Gasteiger partial charge < -0.3 is 20.3 Å². The molecule has 1 aliphatic carbocycles. The zero-order chi connectivity index (χ0) is 17.9. The molecule has 1 saturated heterocycles. The Hall–Kier alpha value is -2.41. The average Bonchev–Trinajstić information content (AvgIpc) is 3.27. The molecule has 4 rings (SSSR count). The van der Waals surface area contributed by atoms with E-state index in [9.17, 15) is 19.1 Å². The van der Waals surface area contributed by atoms with Gasteiger partial charge in [0, 0.05) is 42.7 Å². The largest absolute Gasteiger partial charge is 0.477 e. The molecule has 0 amide bonds. The molecule has 1 aliphatic heterocycles. The maximum Gasteiger partial charge on any atom is 0.341 e. The Balaban J connectivity index is 1.88. The Kier molecular flexibility index (Phi) is 3.40. The van der Waals surface area contributed by atoms with E-state index in [1.807, 2.05) is 11.8 Å². The van der Waals surface area contributed by atoms with E-state index in [0.717, 1.165) is 25.5 Å². The van der Waals surface area contributed by atoms with Gasteiger partial charge in [0.25, 0.3) is 0 Å². The van der Waals surface area contributed by atoms with Gasteiger partial charge in [0.2, 0.25) is 5.43 Å². The van der Waals surface area contributed by atoms with Crippen molar-refractivity contribution in [1.82, 2.24) is 4.57 Å². The molecule has 1 spiro atoms. The second-order valence-electron chi connectivity index (χ2n) is 7.13. The highest BCUT2D eigenvalue weighted by atomic mass is 19.1. The number of hydrogen-bond acceptors (Lipinski definition) is 4. The lowest BCUT2D eigenvalue weighted by molar-refractivity contribution is 0.0695. The summed E-state index contributed by atoms with van der Waals surface area (Å²) in [6.45, 7) is 3.64. The van der Waals surface area contributed by atoms with Crippen molar-refractivity contribution in [3.05, 3.63) is 39.9 Å². The SMILES string of the molecule is CCn1cc(C(=O)O)c(=O)c2cc(F)c(N3CC(N)C4(CC4)C3)cc21. The summed E-state index contributed by atoms with van der Waals surface area (Å²) in [6, 6.07) is 2.84. The molecule has 1 aromatic carbocycles. The van der Waals surface area contributed by atoms with Crippen LogP contribution >= 0.6 is 0 Å². The van der Waals surface area contributed by atoms with Crippen LogP contribution in [0.15, 0.2) is 23.1 Å². The molecule has 1 aromatic heterocycles. The van der Waals surface area contributed by atoms with E-state index in [2.05, 4.69) is 0 Å². The van der Waals surface area contributed by atoms with Gasteiger partial charge in [-0.25, -0.2) is 9.18 Å². The maximum absolute atomic E-state index is 14.7. The first-order chi connectivity index (χ1) is 11.9. The third kappa shape index (κ3) is 2.33. The van der Waals surface area contributed by atoms with Gasteiger partial charge >= 0.3 is 5.97 Å². The number of rotatable bonds is 3. The third-order valence-electron chi connectivity index (χ3n) is 5.66. The summed E-state index contributed by atoms with van der Waals surface area (Å²) in [4.78, 5) is 25.6. The summed E-state index contributed by atoms with van der Waals surface area (Å²) >= 11 is 0. The fraction of sp³-hybridized carbons (Fsp3) is 0.444. The van der Waals surface area contributed by atoms with Crippen molar-refractivity contribution in [2.45, 2.75) is 32.4 Å². The molecule has 2 aromatic rings. The van der Waals surface area contributed by atoms with Gasteiger partial charge in [0.1, 0.15) is 11.4 Å². The molecule has 7 heteroatoms. The standard InChI is InChI=1S/C18H20FN3O3/c1-2-21-7-11(17(24)25)16(23)10-5-12(19)14(6-13(10)21)22-8-15(20)18(9-22)3-4-18/h5-7,15H,2-4,8-9,20H2,1H3,(H,24,25). The first kappa shape index (κ1) is 16.1. The van der Waals surface area contributed by atoms with Crippen LogP contribution in [0.4, 0.5) is 10.1 Å². The molecule has 25 heavy (non-hydrogen) atoms. The molecule has 3 N–H and O–H groups in total. The van der Waals surface area contributed by atoms with Crippen molar-refractivity contribution < 1.29 is 14.3 Å². The zero-order valence-electron chi connectivity index (χ0n) is 14.0. The van der Waals surface area contributed by atoms with Crippen LogP contribution in [0, 0.1) is 11.2 Å². The lowest BCUT2D eigenvalue weighted by Crippen LogP contribution is -2.30. The lowest BCUT2D eigenvalue weighted by Gasteiger charge is -2.21. The van der Waals surface area contributed by atoms with Crippen molar-refractivity contribution in [2.75, 3.05) is 18.0 Å². The predicted molar refractivity (Wildman–Crippen MR) is 92.7 cm³/mol. The van der Waals surface area contributed by atoms with Gasteiger partial charge in [-0.1, -0.05) is 0 Å². The van der Waals surface area contributed by atoms with E-state index in [1.165, 1.54) is 6.20 Å². The summed E-state index contributed by atoms with van der Waals surface area (Å²) < 4.78 is 16.4. The molecule has 2 aliphatic rings. The van der Waals surface area contributed by atoms with Crippen LogP contribution < -0.4 is 16.1 Å². The van der Waals surface area contributed by atoms with E-state index < -0.39 is 17.2 Å². The summed E-state index contributed by atoms with van der Waals surface area (Å²) in [5.41, 5.74) is 6.29. The number of aryl methyl sites for hydroxylation is 1. The minimum atomic E-state index is -1.31. The average molecular weight is 345 g/mol. The van der Waals surface area contributed by atoms with Crippen LogP contribution in [-0.4, -0.2) is 34.8 Å². The number of nitrogens with zero attached hydrogens (tertiary/aromatic N) is 2. The molecular formula is C18H20FN3O3. The highest BCUT2D eigenvalue weighted by Crippen LogP contribution is 2.53. The number of anilines is 1. The van der Waals surface area contributed by atoms with E-state index in [-0.39, 0.29) is 22.4 Å². The number of benzene rings is 1. The lowest BCUT2D eigenvalue weighted by atomic mass is 10.0. The van der Waals surface area contributed by atoms with Crippen molar-refractivity contribution in [1.29, 1.82) is 0 Å². The molecule has 2 fully saturated rings. The van der Waals surface area contributed by atoms with Crippen LogP contribution in [0.25, 0.3) is 10.9 Å². The van der Waals surface area contributed by atoms with Gasteiger partial charge in [-0.3, -0.25) is 4.79 Å². The number of carboxylic acid groups (broad SMARTS) is 1. The molecule has 1 saturated carbocycles. The monoisotopic (exact) mass is 345 g/mol. The number of aromatic nitrogens is 1. The fourth-order valence-electron chi connectivity index (χ4n) is 3.92. The molecular weight excluding hydrogens is 325 g/mol. The molecule has 1 atom stereocenters. The van der Waals surface area contributed by atoms with Crippen LogP contribution in [-0.2, 0) is 6.54 Å². The van der Waals surface area contributed by atoms with Crippen molar-refractivity contribution in [3.8, 4) is 0 Å². The molecule has 0 radical (unpaired) electrons. The normalized spacial score (nSPS) is 21.2. The van der Waals surface area contributed by atoms with Gasteiger partial charge in [-0.05, 0) is 31.9 Å². The Morgan fingerprint density at radius 3 is 2.72 bits per heavy atom. The summed E-state index contributed by atoms with van der Waals surface area (Å²) in [5.74, 6) is -1.82. The molecule has 0 bridgehead atoms. The Bertz CT molecular complexity index is 949. The van der Waals surface area contributed by atoms with E-state index in [0.29, 0.717) is 24.3 Å². The number of fused-ring (bicyclic) bond motifs is 1. The minimum absolute atomic E-state index is 0.0327. The Morgan fingerprint density at radius 1 is 1.44 bits per heavy atom. The molecule has 2 heterocycles. The highest BCUT2D eigenvalue weighted by Gasteiger charge is 2.53. The zero-order valence-corrected chi connectivity index (χ0v) is 14.0. The second kappa shape index (κ2) is 5.29. The number of carbonyl (C=O) groups is 1. The smallest absolute Gasteiger partial charge is 0.341 e. The first-order valence-electron chi connectivity index (χ1n) is 8.47. The van der Waals surface area contributed by atoms with Gasteiger partial charge in [0.05, 0.1) is 11.2 Å². The van der Waals surface area contributed by atoms with Crippen molar-refractivity contribution >= 4 is 22.6 Å². The number of aromatic carboxylic acids is 1. The summed E-state index contributed by atoms with van der Waals surface area (Å²) in [5, 5.41) is 9.30. The number of hydrogen-bond donors (Lipinski definition) is 2. The van der Waals surface area contributed by atoms with Gasteiger partial charge in [-0.2, -0.15) is 0 Å². The summed E-state index contributed by atoms with van der Waals surface area (Å²) in [7, 11) is 0. The molecule has 1 unspecified atom stereocenters. The third-order valence-corrected chi connectivity index (χ3v) is 5.66. The van der Waals surface area contributed by atoms with Crippen LogP contribution in [0.5, 0.6) is 0 Å². The number of halogens is 1. The second-order valence-corrected chi connectivity index (χ2v) is 7.13. The molecule has 132 valence electrons. The quantitative estimate of drug-likeness (QED) is 0.885. The number of nitrogens with two attached hydrogens (primary N) is 1. The minimum Gasteiger partial charge on any atom is -0.477 e.